The summed E-state index contributed by atoms with van der Waals surface area (Å²) in [4.78, 5) is 64.0. The summed E-state index contributed by atoms with van der Waals surface area (Å²) in [5.74, 6) is 0.427. The first-order valence-electron chi connectivity index (χ1n) is 29.1. The minimum atomic E-state index is -4.60. The molecule has 2 atom stereocenters. The summed E-state index contributed by atoms with van der Waals surface area (Å²) in [6.07, 6.45) is 8.47. The van der Waals surface area contributed by atoms with Gasteiger partial charge in [-0.1, -0.05) is 19.1 Å². The molecule has 1 N–H and O–H groups in total. The van der Waals surface area contributed by atoms with Crippen molar-refractivity contribution in [3.05, 3.63) is 105 Å². The summed E-state index contributed by atoms with van der Waals surface area (Å²) in [6, 6.07) is 13.4. The van der Waals surface area contributed by atoms with Crippen molar-refractivity contribution in [3.63, 3.8) is 0 Å². The van der Waals surface area contributed by atoms with E-state index in [0.717, 1.165) is 128 Å². The van der Waals surface area contributed by atoms with Gasteiger partial charge in [0.25, 0.3) is 11.8 Å². The second-order valence-corrected chi connectivity index (χ2v) is 24.6. The van der Waals surface area contributed by atoms with Gasteiger partial charge in [-0.25, -0.2) is 4.39 Å². The van der Waals surface area contributed by atoms with Crippen molar-refractivity contribution in [2.24, 2.45) is 24.8 Å². The fraction of sp³-hybridized carbons (Fsp3) is 0.600. The van der Waals surface area contributed by atoms with Gasteiger partial charge in [-0.15, -0.1) is 10.2 Å². The van der Waals surface area contributed by atoms with Gasteiger partial charge >= 0.3 is 6.18 Å². The number of aromatic nitrogens is 3. The molecule has 0 spiro atoms. The van der Waals surface area contributed by atoms with E-state index in [0.29, 0.717) is 66.3 Å². The van der Waals surface area contributed by atoms with Crippen LogP contribution in [0.1, 0.15) is 138 Å². The Bertz CT molecular complexity index is 2960. The summed E-state index contributed by atoms with van der Waals surface area (Å²) in [5, 5.41) is 10.7. The van der Waals surface area contributed by atoms with Crippen molar-refractivity contribution in [3.8, 4) is 0 Å². The number of rotatable bonds is 14. The van der Waals surface area contributed by atoms with E-state index in [4.69, 9.17) is 4.74 Å². The zero-order valence-electron chi connectivity index (χ0n) is 45.6. The third-order valence-electron chi connectivity index (χ3n) is 19.1. The molecule has 2 aliphatic carbocycles. The standard InChI is InChI=1S/C60H74F4N10O5/c1-38-28-59(29-38,30-53-67-65-37-68(53)2)42-6-3-7-43(27-42)73-35-48-47(58(73)78)25-41(26-50(48)60(62,63)64)34-71-18-4-5-40(33-71)32-70-23-21-69(22-24-70)31-39-8-10-44(11-9-39)79-45-16-19-72(20-17-45)51-13-12-46-49(55(51)61)36-74(57(46)77)52-14-15-54(75)66-56(52)76/h3,6-7,12-13,25-27,37-40,44-45,52H,4-5,8-11,14-24,28-36H2,1-2H3,(H,66,75,76)/t38?,39?,40-,44?,52?,59?/m1/s1. The molecule has 7 heterocycles. The number of hydrogen-bond acceptors (Lipinski definition) is 11. The van der Waals surface area contributed by atoms with E-state index in [1.807, 2.05) is 34.7 Å². The number of nitrogens with zero attached hydrogens (tertiary/aromatic N) is 9. The van der Waals surface area contributed by atoms with Crippen molar-refractivity contribution in [1.29, 1.82) is 0 Å². The highest BCUT2D eigenvalue weighted by Crippen LogP contribution is 2.51. The number of carbonyl (C=O) groups excluding carboxylic acids is 4. The molecule has 4 amide bonds. The number of hydrogen-bond donors (Lipinski definition) is 1. The highest BCUT2D eigenvalue weighted by Gasteiger charge is 2.46. The lowest BCUT2D eigenvalue weighted by Gasteiger charge is -2.47. The second-order valence-electron chi connectivity index (χ2n) is 24.6. The topological polar surface area (TPSA) is 140 Å². The fourth-order valence-corrected chi connectivity index (χ4v) is 14.9. The maximum Gasteiger partial charge on any atom is 0.416 e. The smallest absolute Gasteiger partial charge is 0.375 e. The van der Waals surface area contributed by atoms with Gasteiger partial charge in [-0.05, 0) is 148 Å². The maximum atomic E-state index is 16.0. The number of likely N-dealkylation sites (tertiary alicyclic amines) is 1. The van der Waals surface area contributed by atoms with Crippen LogP contribution in [0.15, 0.2) is 54.9 Å². The van der Waals surface area contributed by atoms with E-state index >= 15 is 4.39 Å². The van der Waals surface area contributed by atoms with Crippen LogP contribution in [0, 0.1) is 23.6 Å². The molecule has 4 aromatic rings. The molecule has 8 aliphatic rings. The van der Waals surface area contributed by atoms with Crippen LogP contribution in [0.5, 0.6) is 0 Å². The fourth-order valence-electron chi connectivity index (χ4n) is 14.9. The quantitative estimate of drug-likeness (QED) is 0.0975. The molecule has 12 rings (SSSR count). The summed E-state index contributed by atoms with van der Waals surface area (Å²) in [6.45, 7) is 11.6. The Kier molecular flexibility index (Phi) is 15.0. The molecule has 15 nitrogen and oxygen atoms in total. The SMILES string of the molecule is CC1CC(Cc2nncn2C)(c2cccc(N3Cc4c(cc(CN5CCC[C@H](CN6CCN(CC7CCC(OC8CCN(c9ccc%10c(c9F)CN(C9CCC(=O)NC9=O)C%10=O)CC8)CC7)CC6)C5)cc4C(F)(F)F)C3=O)c2)C1. The van der Waals surface area contributed by atoms with Gasteiger partial charge < -0.3 is 33.8 Å². The Hall–Kier alpha value is -5.76. The number of amides is 4. The van der Waals surface area contributed by atoms with Crippen molar-refractivity contribution in [2.45, 2.75) is 140 Å². The number of alkyl halides is 3. The molecule has 6 fully saturated rings. The van der Waals surface area contributed by atoms with Gasteiger partial charge in [0.15, 0.2) is 5.82 Å². The Morgan fingerprint density at radius 2 is 1.49 bits per heavy atom. The van der Waals surface area contributed by atoms with Crippen LogP contribution >= 0.6 is 0 Å². The number of imide groups is 1. The third-order valence-corrected chi connectivity index (χ3v) is 19.1. The summed E-state index contributed by atoms with van der Waals surface area (Å²) in [5.41, 5.74) is 2.61. The van der Waals surface area contributed by atoms with Gasteiger partial charge in [0, 0.05) is 113 Å². The lowest BCUT2D eigenvalue weighted by atomic mass is 9.57. The maximum absolute atomic E-state index is 16.0. The highest BCUT2D eigenvalue weighted by molar-refractivity contribution is 6.10. The van der Waals surface area contributed by atoms with Crippen LogP contribution < -0.4 is 15.1 Å². The minimum Gasteiger partial charge on any atom is -0.375 e. The third kappa shape index (κ3) is 11.1. The number of piperazine rings is 1. The van der Waals surface area contributed by atoms with Crippen molar-refractivity contribution >= 4 is 35.0 Å². The Morgan fingerprint density at radius 1 is 0.759 bits per heavy atom. The first kappa shape index (κ1) is 53.9. The number of nitrogens with one attached hydrogen (secondary N) is 1. The highest BCUT2D eigenvalue weighted by atomic mass is 19.4. The zero-order valence-corrected chi connectivity index (χ0v) is 45.6. The molecule has 4 saturated heterocycles. The van der Waals surface area contributed by atoms with Crippen LogP contribution in [0.4, 0.5) is 28.9 Å². The first-order chi connectivity index (χ1) is 38.0. The number of fused-ring (bicyclic) bond motifs is 2. The Balaban J connectivity index is 0.581. The lowest BCUT2D eigenvalue weighted by molar-refractivity contribution is -0.138. The van der Waals surface area contributed by atoms with Crippen LogP contribution in [-0.4, -0.2) is 142 Å². The molecular weight excluding hydrogens is 1020 g/mol. The molecule has 1 aromatic heterocycles. The molecule has 2 saturated carbocycles. The predicted octanol–water partition coefficient (Wildman–Crippen LogP) is 7.88. The minimum absolute atomic E-state index is 0.0123. The molecule has 1 unspecified atom stereocenters. The van der Waals surface area contributed by atoms with E-state index in [2.05, 4.69) is 43.2 Å². The predicted molar refractivity (Wildman–Crippen MR) is 289 cm³/mol. The number of piperidine rings is 3. The van der Waals surface area contributed by atoms with Crippen LogP contribution in [0.25, 0.3) is 0 Å². The molecule has 0 radical (unpaired) electrons. The van der Waals surface area contributed by atoms with Crippen LogP contribution in [0.2, 0.25) is 0 Å². The monoisotopic (exact) mass is 1090 g/mol. The summed E-state index contributed by atoms with van der Waals surface area (Å²) >= 11 is 0. The summed E-state index contributed by atoms with van der Waals surface area (Å²) < 4.78 is 69.3. The lowest BCUT2D eigenvalue weighted by Crippen LogP contribution is -2.52. The Labute approximate surface area is 460 Å². The van der Waals surface area contributed by atoms with Gasteiger partial charge in [0.1, 0.15) is 18.2 Å². The van der Waals surface area contributed by atoms with Gasteiger partial charge in [-0.2, -0.15) is 13.2 Å². The van der Waals surface area contributed by atoms with E-state index in [1.54, 1.807) is 24.5 Å². The van der Waals surface area contributed by atoms with Gasteiger partial charge in [-0.3, -0.25) is 29.4 Å². The number of ether oxygens (including phenoxy) is 1. The van der Waals surface area contributed by atoms with Gasteiger partial charge in [0.2, 0.25) is 11.8 Å². The first-order valence-corrected chi connectivity index (χ1v) is 29.1. The molecule has 19 heteroatoms. The van der Waals surface area contributed by atoms with Crippen molar-refractivity contribution in [2.75, 3.05) is 75.2 Å². The average molecular weight is 1090 g/mol. The second kappa shape index (κ2) is 21.9. The molecular formula is C60H74F4N10O5. The number of aryl methyl sites for hydroxylation is 1. The van der Waals surface area contributed by atoms with Crippen LogP contribution in [0.3, 0.4) is 0 Å². The van der Waals surface area contributed by atoms with Crippen molar-refractivity contribution in [1.82, 2.24) is 39.7 Å². The number of benzene rings is 3. The van der Waals surface area contributed by atoms with E-state index in [1.165, 1.54) is 15.9 Å². The molecule has 79 heavy (non-hydrogen) atoms. The number of carbonyl (C=O) groups is 4. The van der Waals surface area contributed by atoms with Crippen molar-refractivity contribution < 1.29 is 41.5 Å². The zero-order chi connectivity index (χ0) is 54.7. The average Bonchev–Trinajstić information content (AvgIpc) is 4.34. The molecule has 422 valence electrons. The Morgan fingerprint density at radius 3 is 2.19 bits per heavy atom. The van der Waals surface area contributed by atoms with E-state index < -0.39 is 29.5 Å². The summed E-state index contributed by atoms with van der Waals surface area (Å²) in [7, 11) is 1.93. The number of anilines is 2. The largest absolute Gasteiger partial charge is 0.416 e. The molecule has 6 aliphatic heterocycles. The van der Waals surface area contributed by atoms with Gasteiger partial charge in [0.05, 0.1) is 36.5 Å². The van der Waals surface area contributed by atoms with E-state index in [-0.39, 0.29) is 78.0 Å². The normalized spacial score (nSPS) is 27.6. The molecule has 0 bridgehead atoms. The van der Waals surface area contributed by atoms with Crippen LogP contribution in [-0.2, 0) is 59.0 Å². The number of halogens is 4. The molecule has 3 aromatic carbocycles. The van der Waals surface area contributed by atoms with E-state index in [9.17, 15) is 32.3 Å².